The molecule has 0 saturated carbocycles. The fourth-order valence-electron chi connectivity index (χ4n) is 3.77. The van der Waals surface area contributed by atoms with Crippen molar-refractivity contribution in [2.45, 2.75) is 59.5 Å². The highest BCUT2D eigenvalue weighted by Gasteiger charge is 2.18. The zero-order valence-electron chi connectivity index (χ0n) is 16.8. The van der Waals surface area contributed by atoms with Crippen LogP contribution in [-0.4, -0.2) is 46.0 Å². The van der Waals surface area contributed by atoms with Crippen molar-refractivity contribution in [1.82, 2.24) is 19.8 Å². The van der Waals surface area contributed by atoms with E-state index in [1.54, 1.807) is 11.5 Å². The Bertz CT molecular complexity index is 897. The molecule has 0 bridgehead atoms. The zero-order chi connectivity index (χ0) is 19.6. The minimum atomic E-state index is -0.202. The van der Waals surface area contributed by atoms with E-state index in [2.05, 4.69) is 22.1 Å². The number of rotatable bonds is 6. The molecule has 1 aromatic carbocycles. The lowest BCUT2D eigenvalue weighted by Crippen LogP contribution is -2.37. The van der Waals surface area contributed by atoms with E-state index < -0.39 is 0 Å². The molecule has 0 radical (unpaired) electrons. The van der Waals surface area contributed by atoms with Crippen LogP contribution in [0.25, 0.3) is 11.0 Å². The highest BCUT2D eigenvalue weighted by Crippen LogP contribution is 2.17. The predicted octanol–water partition coefficient (Wildman–Crippen LogP) is 2.31. The average molecular weight is 370 g/mol. The van der Waals surface area contributed by atoms with E-state index >= 15 is 0 Å². The summed E-state index contributed by atoms with van der Waals surface area (Å²) in [6.45, 7) is 10.9. The molecule has 1 aromatic heterocycles. The van der Waals surface area contributed by atoms with Crippen LogP contribution in [0.4, 0.5) is 0 Å². The predicted molar refractivity (Wildman–Crippen MR) is 108 cm³/mol. The number of fused-ring (bicyclic) bond motifs is 1. The van der Waals surface area contributed by atoms with Gasteiger partial charge in [0, 0.05) is 12.6 Å². The maximum absolute atomic E-state index is 12.6. The highest BCUT2D eigenvalue weighted by atomic mass is 16.2. The van der Waals surface area contributed by atoms with Gasteiger partial charge in [-0.25, -0.2) is 4.98 Å². The number of nitrogens with zero attached hydrogens (tertiary/aromatic N) is 3. The summed E-state index contributed by atoms with van der Waals surface area (Å²) >= 11 is 0. The van der Waals surface area contributed by atoms with Gasteiger partial charge in [-0.2, -0.15) is 0 Å². The number of nitrogens with one attached hydrogen (secondary N) is 1. The Morgan fingerprint density at radius 3 is 2.56 bits per heavy atom. The van der Waals surface area contributed by atoms with Gasteiger partial charge in [0.25, 0.3) is 5.56 Å². The van der Waals surface area contributed by atoms with Gasteiger partial charge >= 0.3 is 0 Å². The van der Waals surface area contributed by atoms with Crippen LogP contribution in [0.5, 0.6) is 0 Å². The van der Waals surface area contributed by atoms with Crippen LogP contribution < -0.4 is 10.9 Å². The molecular formula is C21H30N4O2. The molecule has 2 heterocycles. The Kier molecular flexibility index (Phi) is 5.95. The Labute approximate surface area is 160 Å². The average Bonchev–Trinajstić information content (AvgIpc) is 3.16. The molecule has 1 atom stereocenters. The Balaban J connectivity index is 1.70. The second-order valence-corrected chi connectivity index (χ2v) is 7.74. The van der Waals surface area contributed by atoms with Gasteiger partial charge in [-0.15, -0.1) is 0 Å². The maximum Gasteiger partial charge on any atom is 0.272 e. The van der Waals surface area contributed by atoms with Gasteiger partial charge in [-0.1, -0.05) is 0 Å². The summed E-state index contributed by atoms with van der Waals surface area (Å²) in [5.74, 6) is -0.129. The van der Waals surface area contributed by atoms with Gasteiger partial charge in [0.15, 0.2) is 0 Å². The number of carbonyl (C=O) groups excluding carboxylic acids is 1. The first-order valence-corrected chi connectivity index (χ1v) is 9.86. The van der Waals surface area contributed by atoms with Crippen molar-refractivity contribution < 1.29 is 4.79 Å². The number of amides is 1. The van der Waals surface area contributed by atoms with E-state index in [9.17, 15) is 9.59 Å². The van der Waals surface area contributed by atoms with Crippen molar-refractivity contribution >= 4 is 16.9 Å². The fraction of sp³-hybridized carbons (Fsp3) is 0.571. The van der Waals surface area contributed by atoms with Crippen LogP contribution in [0.2, 0.25) is 0 Å². The van der Waals surface area contributed by atoms with E-state index in [1.165, 1.54) is 12.8 Å². The third-order valence-electron chi connectivity index (χ3n) is 5.67. The van der Waals surface area contributed by atoms with Gasteiger partial charge in [0.05, 0.1) is 11.0 Å². The van der Waals surface area contributed by atoms with E-state index in [0.29, 0.717) is 23.8 Å². The first-order chi connectivity index (χ1) is 12.9. The highest BCUT2D eigenvalue weighted by molar-refractivity contribution is 5.81. The monoisotopic (exact) mass is 370 g/mol. The molecule has 1 aliphatic rings. The number of likely N-dealkylation sites (tertiary alicyclic amines) is 1. The summed E-state index contributed by atoms with van der Waals surface area (Å²) in [4.78, 5) is 31.9. The second kappa shape index (κ2) is 8.21. The molecule has 0 aliphatic carbocycles. The van der Waals surface area contributed by atoms with Crippen LogP contribution in [0.15, 0.2) is 16.9 Å². The molecule has 0 spiro atoms. The summed E-state index contributed by atoms with van der Waals surface area (Å²) in [6.07, 6.45) is 3.47. The van der Waals surface area contributed by atoms with Crippen molar-refractivity contribution in [3.63, 3.8) is 0 Å². The minimum absolute atomic E-state index is 0.0271. The van der Waals surface area contributed by atoms with Crippen molar-refractivity contribution in [2.24, 2.45) is 0 Å². The largest absolute Gasteiger partial charge is 0.354 e. The second-order valence-electron chi connectivity index (χ2n) is 7.74. The number of aryl methyl sites for hydroxylation is 3. The van der Waals surface area contributed by atoms with Gasteiger partial charge in [0.2, 0.25) is 5.91 Å². The summed E-state index contributed by atoms with van der Waals surface area (Å²) in [6, 6.07) is 4.40. The smallest absolute Gasteiger partial charge is 0.272 e. The lowest BCUT2D eigenvalue weighted by atomic mass is 10.1. The van der Waals surface area contributed by atoms with E-state index in [4.69, 9.17) is 0 Å². The third-order valence-corrected chi connectivity index (χ3v) is 5.67. The number of benzene rings is 1. The minimum Gasteiger partial charge on any atom is -0.354 e. The fourth-order valence-corrected chi connectivity index (χ4v) is 3.77. The molecule has 3 rings (SSSR count). The molecular weight excluding hydrogens is 340 g/mol. The Morgan fingerprint density at radius 1 is 1.19 bits per heavy atom. The number of aromatic nitrogens is 2. The third kappa shape index (κ3) is 4.38. The zero-order valence-corrected chi connectivity index (χ0v) is 16.8. The van der Waals surface area contributed by atoms with Crippen molar-refractivity contribution in [3.8, 4) is 0 Å². The molecule has 146 valence electrons. The molecule has 27 heavy (non-hydrogen) atoms. The van der Waals surface area contributed by atoms with Gasteiger partial charge in [-0.3, -0.25) is 14.2 Å². The standard InChI is InChI=1S/C21H30N4O2/c1-14-11-18-19(12-15(14)2)25(21(27)17(4)23-18)13-20(26)22-8-7-16(3)24-9-5-6-10-24/h11-12,16H,5-10,13H2,1-4H3,(H,22,26). The molecule has 2 aromatic rings. The SMILES string of the molecule is Cc1cc2nc(C)c(=O)n(CC(=O)NCCC(C)N3CCCC3)c2cc1C. The first kappa shape index (κ1) is 19.5. The lowest BCUT2D eigenvalue weighted by Gasteiger charge is -2.23. The molecule has 1 unspecified atom stereocenters. The van der Waals surface area contributed by atoms with E-state index in [1.807, 2.05) is 26.0 Å². The summed E-state index contributed by atoms with van der Waals surface area (Å²) < 4.78 is 1.54. The molecule has 1 amide bonds. The normalized spacial score (nSPS) is 16.0. The van der Waals surface area contributed by atoms with Crippen LogP contribution in [0, 0.1) is 20.8 Å². The molecule has 1 saturated heterocycles. The van der Waals surface area contributed by atoms with Crippen LogP contribution >= 0.6 is 0 Å². The summed E-state index contributed by atoms with van der Waals surface area (Å²) in [5, 5.41) is 2.98. The van der Waals surface area contributed by atoms with Crippen LogP contribution in [-0.2, 0) is 11.3 Å². The number of hydrogen-bond donors (Lipinski definition) is 1. The van der Waals surface area contributed by atoms with Crippen molar-refractivity contribution in [2.75, 3.05) is 19.6 Å². The Morgan fingerprint density at radius 2 is 1.85 bits per heavy atom. The molecule has 1 N–H and O–H groups in total. The summed E-state index contributed by atoms with van der Waals surface area (Å²) in [5.41, 5.74) is 3.90. The molecule has 1 aliphatic heterocycles. The number of carbonyl (C=O) groups is 1. The number of hydrogen-bond acceptors (Lipinski definition) is 4. The van der Waals surface area contributed by atoms with Crippen LogP contribution in [0.1, 0.15) is 43.0 Å². The lowest BCUT2D eigenvalue weighted by molar-refractivity contribution is -0.121. The van der Waals surface area contributed by atoms with Gasteiger partial charge in [-0.05, 0) is 83.3 Å². The van der Waals surface area contributed by atoms with Crippen molar-refractivity contribution in [3.05, 3.63) is 39.3 Å². The quantitative estimate of drug-likeness (QED) is 0.847. The van der Waals surface area contributed by atoms with E-state index in [-0.39, 0.29) is 18.0 Å². The topological polar surface area (TPSA) is 67.2 Å². The molecule has 6 heteroatoms. The van der Waals surface area contributed by atoms with Gasteiger partial charge in [0.1, 0.15) is 12.2 Å². The first-order valence-electron chi connectivity index (χ1n) is 9.86. The van der Waals surface area contributed by atoms with E-state index in [0.717, 1.165) is 36.2 Å². The maximum atomic E-state index is 12.6. The Hall–Kier alpha value is -2.21. The van der Waals surface area contributed by atoms with Gasteiger partial charge < -0.3 is 10.2 Å². The molecule has 1 fully saturated rings. The molecule has 6 nitrogen and oxygen atoms in total. The van der Waals surface area contributed by atoms with Crippen molar-refractivity contribution in [1.29, 1.82) is 0 Å². The van der Waals surface area contributed by atoms with Crippen LogP contribution in [0.3, 0.4) is 0 Å². The summed E-state index contributed by atoms with van der Waals surface area (Å²) in [7, 11) is 0.